The molecule has 0 atom stereocenters. The van der Waals surface area contributed by atoms with Crippen LogP contribution in [-0.2, 0) is 10.8 Å². The van der Waals surface area contributed by atoms with Crippen LogP contribution in [0.2, 0.25) is 0 Å². The van der Waals surface area contributed by atoms with Gasteiger partial charge in [-0.2, -0.15) is 10.5 Å². The molecule has 0 aliphatic heterocycles. The fraction of sp³-hybridized carbons (Fsp3) is 0.0213. The van der Waals surface area contributed by atoms with Crippen molar-refractivity contribution in [1.82, 2.24) is 18.3 Å². The molecule has 0 saturated carbocycles. The number of benzene rings is 15. The minimum atomic E-state index is -0.612. The maximum atomic E-state index is 13.4. The zero-order valence-corrected chi connectivity index (χ0v) is 53.7. The molecule has 6 heteroatoms. The lowest BCUT2D eigenvalue weighted by Gasteiger charge is -2.30. The highest BCUT2D eigenvalue weighted by molar-refractivity contribution is 6.18. The van der Waals surface area contributed by atoms with Crippen molar-refractivity contribution in [2.24, 2.45) is 0 Å². The summed E-state index contributed by atoms with van der Waals surface area (Å²) in [4.78, 5) is 0. The van der Waals surface area contributed by atoms with Crippen LogP contribution in [-0.4, -0.2) is 18.3 Å². The summed E-state index contributed by atoms with van der Waals surface area (Å²) in [6.07, 6.45) is 0. The van der Waals surface area contributed by atoms with Crippen molar-refractivity contribution < 1.29 is 0 Å². The van der Waals surface area contributed by atoms with E-state index in [1.807, 2.05) is 0 Å². The number of fused-ring (bicyclic) bond motifs is 32. The van der Waals surface area contributed by atoms with Crippen molar-refractivity contribution in [2.45, 2.75) is 10.8 Å². The van der Waals surface area contributed by atoms with Crippen LogP contribution in [0.3, 0.4) is 0 Å². The predicted molar refractivity (Wildman–Crippen MR) is 406 cm³/mol. The van der Waals surface area contributed by atoms with Crippen LogP contribution in [0.25, 0.3) is 154 Å². The van der Waals surface area contributed by atoms with Crippen LogP contribution >= 0.6 is 0 Å². The molecule has 23 rings (SSSR count). The fourth-order valence-electron chi connectivity index (χ4n) is 19.7. The van der Waals surface area contributed by atoms with Gasteiger partial charge in [-0.25, -0.2) is 0 Å². The molecule has 458 valence electrons. The first-order valence-electron chi connectivity index (χ1n) is 34.4. The van der Waals surface area contributed by atoms with Crippen molar-refractivity contribution in [3.63, 3.8) is 0 Å². The second kappa shape index (κ2) is 19.2. The maximum absolute atomic E-state index is 13.4. The van der Waals surface area contributed by atoms with Gasteiger partial charge in [0.15, 0.2) is 0 Å². The molecule has 0 N–H and O–H groups in total. The molecule has 100 heavy (non-hydrogen) atoms. The lowest BCUT2D eigenvalue weighted by atomic mass is 9.70. The van der Waals surface area contributed by atoms with Crippen molar-refractivity contribution in [3.05, 3.63) is 371 Å². The summed E-state index contributed by atoms with van der Waals surface area (Å²) in [5.74, 6) is 0. The molecule has 0 saturated heterocycles. The molecule has 0 radical (unpaired) electrons. The first-order valence-corrected chi connectivity index (χ1v) is 34.4. The fourth-order valence-corrected chi connectivity index (χ4v) is 19.7. The topological polar surface area (TPSA) is 67.3 Å². The number of rotatable bonds is 4. The van der Waals surface area contributed by atoms with Crippen molar-refractivity contribution >= 4 is 87.2 Å². The third-order valence-electron chi connectivity index (χ3n) is 23.3. The highest BCUT2D eigenvalue weighted by atomic mass is 15.1. The van der Waals surface area contributed by atoms with Gasteiger partial charge in [-0.3, -0.25) is 0 Å². The molecular weight excluding hydrogens is 1210 g/mol. The largest absolute Gasteiger partial charge is 0.306 e. The zero-order valence-electron chi connectivity index (χ0n) is 53.7. The van der Waals surface area contributed by atoms with Gasteiger partial charge in [0.1, 0.15) is 23.3 Å². The monoisotopic (exact) mass is 1260 g/mol. The van der Waals surface area contributed by atoms with Gasteiger partial charge in [0.05, 0.1) is 77.7 Å². The first-order chi connectivity index (χ1) is 49.6. The number of nitriles is 2. The zero-order chi connectivity index (χ0) is 65.4. The van der Waals surface area contributed by atoms with Gasteiger partial charge in [-0.05, 0) is 150 Å². The van der Waals surface area contributed by atoms with E-state index in [1.54, 1.807) is 0 Å². The summed E-state index contributed by atoms with van der Waals surface area (Å²) in [6.45, 7) is 0. The standard InChI is InChI=1S/C94H52N6/c95-53-71-90(98-83-45-21-9-33-63(83)64-34-10-22-46-84(64)98)92(100-86-48-24-12-36-66(86)70-50-80-68(52-88(70)100)60-30-6-18-42-78(60)94(80)75-39-15-3-27-57(75)58-28-4-16-40-76(58)94)72(54-96)89(97-81-43-19-7-31-61(81)62-32-8-20-44-82(62)97)91(71)99-85-47-23-11-35-65(85)69-49-79-67(51-87(69)99)59-29-5-17-41-77(59)93(79)73-37-13-1-25-55(73)56-26-2-14-38-74(56)93/h1-52H. The Morgan fingerprint density at radius 2 is 0.390 bits per heavy atom. The molecule has 0 amide bonds. The Kier molecular flexibility index (Phi) is 10.3. The van der Waals surface area contributed by atoms with E-state index in [4.69, 9.17) is 0 Å². The quantitative estimate of drug-likeness (QED) is 0.176. The van der Waals surface area contributed by atoms with E-state index in [0.29, 0.717) is 33.9 Å². The average molecular weight is 1270 g/mol. The average Bonchev–Trinajstić information content (AvgIpc) is 1.54. The Morgan fingerprint density at radius 1 is 0.190 bits per heavy atom. The van der Waals surface area contributed by atoms with Gasteiger partial charge in [-0.15, -0.1) is 0 Å². The number of nitrogens with zero attached hydrogens (tertiary/aromatic N) is 6. The third-order valence-corrected chi connectivity index (χ3v) is 23.3. The van der Waals surface area contributed by atoms with Gasteiger partial charge < -0.3 is 18.3 Å². The molecule has 4 aliphatic carbocycles. The Labute approximate surface area is 573 Å². The van der Waals surface area contributed by atoms with Gasteiger partial charge in [0.25, 0.3) is 0 Å². The number of hydrogen-bond acceptors (Lipinski definition) is 2. The molecule has 2 spiro atoms. The Balaban J connectivity index is 0.934. The van der Waals surface area contributed by atoms with Gasteiger partial charge in [0.2, 0.25) is 0 Å². The molecule has 0 fully saturated rings. The smallest absolute Gasteiger partial charge is 0.104 e. The van der Waals surface area contributed by atoms with Crippen LogP contribution in [0.4, 0.5) is 0 Å². The van der Waals surface area contributed by atoms with Crippen LogP contribution in [0.5, 0.6) is 0 Å². The lowest BCUT2D eigenvalue weighted by Crippen LogP contribution is -2.25. The van der Waals surface area contributed by atoms with Gasteiger partial charge in [-0.1, -0.05) is 255 Å². The minimum Gasteiger partial charge on any atom is -0.306 e. The van der Waals surface area contributed by atoms with Crippen LogP contribution in [0.1, 0.15) is 55.6 Å². The summed E-state index contributed by atoms with van der Waals surface area (Å²) >= 11 is 0. The Morgan fingerprint density at radius 3 is 0.640 bits per heavy atom. The molecule has 0 unspecified atom stereocenters. The summed E-state index contributed by atoms with van der Waals surface area (Å²) in [5, 5.41) is 35.1. The molecule has 6 nitrogen and oxygen atoms in total. The van der Waals surface area contributed by atoms with Crippen molar-refractivity contribution in [2.75, 3.05) is 0 Å². The summed E-state index contributed by atoms with van der Waals surface area (Å²) in [5.41, 5.74) is 28.9. The van der Waals surface area contributed by atoms with Gasteiger partial charge in [0, 0.05) is 43.1 Å². The highest BCUT2D eigenvalue weighted by Gasteiger charge is 2.54. The Bertz CT molecular complexity index is 6460. The number of aromatic nitrogens is 4. The second-order valence-electron chi connectivity index (χ2n) is 27.4. The molecule has 4 heterocycles. The second-order valence-corrected chi connectivity index (χ2v) is 27.4. The molecule has 15 aromatic carbocycles. The van der Waals surface area contributed by atoms with Gasteiger partial charge >= 0.3 is 0 Å². The third kappa shape index (κ3) is 6.27. The highest BCUT2D eigenvalue weighted by Crippen LogP contribution is 2.66. The molecular formula is C94H52N6. The van der Waals surface area contributed by atoms with Crippen LogP contribution in [0.15, 0.2) is 315 Å². The SMILES string of the molecule is N#Cc1c(-n2c3ccccc3c3ccccc32)c(-n2c3ccccc3c3cc4c(cc32)-c2ccccc2C42c3ccccc3-c3ccccc32)c(C#N)c(-n2c3ccccc3c3ccccc32)c1-n1c2ccccc2c2cc3c(cc21)-c1ccccc1C31c2ccccc2-c2ccccc21. The van der Waals surface area contributed by atoms with E-state index in [2.05, 4.69) is 346 Å². The summed E-state index contributed by atoms with van der Waals surface area (Å²) < 4.78 is 9.34. The summed E-state index contributed by atoms with van der Waals surface area (Å²) in [7, 11) is 0. The predicted octanol–water partition coefficient (Wildman–Crippen LogP) is 22.5. The van der Waals surface area contributed by atoms with E-state index < -0.39 is 10.8 Å². The van der Waals surface area contributed by atoms with E-state index >= 15 is 0 Å². The molecule has 4 aliphatic rings. The van der Waals surface area contributed by atoms with Crippen molar-refractivity contribution in [3.8, 4) is 79.4 Å². The number of hydrogen-bond donors (Lipinski definition) is 0. The van der Waals surface area contributed by atoms with E-state index in [-0.39, 0.29) is 0 Å². The number of para-hydroxylation sites is 6. The van der Waals surface area contributed by atoms with E-state index in [9.17, 15) is 10.5 Å². The normalized spacial score (nSPS) is 13.7. The molecule has 4 aromatic heterocycles. The van der Waals surface area contributed by atoms with Crippen LogP contribution < -0.4 is 0 Å². The Hall–Kier alpha value is -13.5. The minimum absolute atomic E-state index is 0.409. The summed E-state index contributed by atoms with van der Waals surface area (Å²) in [6, 6.07) is 122. The van der Waals surface area contributed by atoms with E-state index in [0.717, 1.165) is 109 Å². The van der Waals surface area contributed by atoms with E-state index in [1.165, 1.54) is 66.8 Å². The van der Waals surface area contributed by atoms with Crippen LogP contribution in [0, 0.1) is 22.7 Å². The van der Waals surface area contributed by atoms with Crippen molar-refractivity contribution in [1.29, 1.82) is 10.5 Å². The maximum Gasteiger partial charge on any atom is 0.104 e. The first kappa shape index (κ1) is 53.7. The molecule has 0 bridgehead atoms. The molecule has 19 aromatic rings. The lowest BCUT2D eigenvalue weighted by molar-refractivity contribution is 0.795.